The van der Waals surface area contributed by atoms with Gasteiger partial charge in [-0.05, 0) is 62.2 Å². The van der Waals surface area contributed by atoms with E-state index in [1.807, 2.05) is 0 Å². The maximum absolute atomic E-state index is 12.3. The highest BCUT2D eigenvalue weighted by Gasteiger charge is 2.15. The largest absolute Gasteiger partial charge is 0.352 e. The molecule has 0 radical (unpaired) electrons. The van der Waals surface area contributed by atoms with Crippen molar-refractivity contribution in [3.8, 4) is 0 Å². The maximum atomic E-state index is 12.3. The van der Waals surface area contributed by atoms with E-state index in [2.05, 4.69) is 20.9 Å². The highest BCUT2D eigenvalue weighted by molar-refractivity contribution is 6.04. The fourth-order valence-corrected chi connectivity index (χ4v) is 2.88. The minimum atomic E-state index is -0.251. The lowest BCUT2D eigenvalue weighted by Crippen LogP contribution is -2.38. The van der Waals surface area contributed by atoms with Crippen LogP contribution in [0.25, 0.3) is 0 Å². The first-order valence-corrected chi connectivity index (χ1v) is 8.53. The van der Waals surface area contributed by atoms with Gasteiger partial charge < -0.3 is 16.0 Å². The predicted octanol–water partition coefficient (Wildman–Crippen LogP) is 2.06. The number of anilines is 1. The van der Waals surface area contributed by atoms with Gasteiger partial charge in [0, 0.05) is 30.2 Å². The van der Waals surface area contributed by atoms with Gasteiger partial charge in [-0.2, -0.15) is 0 Å². The van der Waals surface area contributed by atoms with Crippen LogP contribution in [-0.2, 0) is 0 Å². The number of carbonyl (C=O) groups is 2. The second kappa shape index (κ2) is 8.39. The van der Waals surface area contributed by atoms with Crippen LogP contribution in [0.1, 0.15) is 33.6 Å². The first-order chi connectivity index (χ1) is 12.2. The van der Waals surface area contributed by atoms with Crippen molar-refractivity contribution in [2.24, 2.45) is 5.92 Å². The summed E-state index contributed by atoms with van der Waals surface area (Å²) in [6.07, 6.45) is 5.40. The Morgan fingerprint density at radius 1 is 1.16 bits per heavy atom. The number of aromatic nitrogens is 1. The molecule has 0 aliphatic carbocycles. The van der Waals surface area contributed by atoms with E-state index in [9.17, 15) is 9.59 Å². The minimum absolute atomic E-state index is 0.122. The topological polar surface area (TPSA) is 83.1 Å². The smallest absolute Gasteiger partial charge is 0.257 e. The Morgan fingerprint density at radius 3 is 2.80 bits per heavy atom. The minimum Gasteiger partial charge on any atom is -0.352 e. The van der Waals surface area contributed by atoms with Crippen LogP contribution >= 0.6 is 0 Å². The van der Waals surface area contributed by atoms with Crippen LogP contribution in [0.15, 0.2) is 48.8 Å². The van der Waals surface area contributed by atoms with Gasteiger partial charge in [0.05, 0.1) is 5.56 Å². The summed E-state index contributed by atoms with van der Waals surface area (Å²) in [5.74, 6) is 0.105. The van der Waals surface area contributed by atoms with Crippen molar-refractivity contribution in [1.82, 2.24) is 15.6 Å². The summed E-state index contributed by atoms with van der Waals surface area (Å²) in [5.41, 5.74) is 1.59. The SMILES string of the molecule is O=C(NCC1CCCNC1)c1cccc(NC(=O)c2cccnc2)c1. The third-order valence-electron chi connectivity index (χ3n) is 4.26. The highest BCUT2D eigenvalue weighted by atomic mass is 16.2. The average molecular weight is 338 g/mol. The predicted molar refractivity (Wildman–Crippen MR) is 96.6 cm³/mol. The van der Waals surface area contributed by atoms with E-state index in [4.69, 9.17) is 0 Å². The Labute approximate surface area is 147 Å². The molecule has 1 fully saturated rings. The van der Waals surface area contributed by atoms with Crippen LogP contribution in [0.5, 0.6) is 0 Å². The van der Waals surface area contributed by atoms with Gasteiger partial charge >= 0.3 is 0 Å². The molecule has 2 aromatic rings. The molecule has 0 bridgehead atoms. The van der Waals surface area contributed by atoms with Crippen molar-refractivity contribution >= 4 is 17.5 Å². The Bertz CT molecular complexity index is 727. The molecule has 1 atom stereocenters. The summed E-state index contributed by atoms with van der Waals surface area (Å²) >= 11 is 0. The van der Waals surface area contributed by atoms with Crippen molar-refractivity contribution in [2.45, 2.75) is 12.8 Å². The molecule has 130 valence electrons. The fraction of sp³-hybridized carbons (Fsp3) is 0.316. The molecular formula is C19H22N4O2. The van der Waals surface area contributed by atoms with E-state index >= 15 is 0 Å². The number of nitrogens with one attached hydrogen (secondary N) is 3. The molecule has 1 aromatic heterocycles. The zero-order chi connectivity index (χ0) is 17.5. The second-order valence-corrected chi connectivity index (χ2v) is 6.20. The molecule has 1 aliphatic rings. The molecule has 1 unspecified atom stereocenters. The molecule has 2 amide bonds. The van der Waals surface area contributed by atoms with E-state index in [-0.39, 0.29) is 11.8 Å². The number of hydrogen-bond donors (Lipinski definition) is 3. The fourth-order valence-electron chi connectivity index (χ4n) is 2.88. The van der Waals surface area contributed by atoms with Crippen LogP contribution in [0.3, 0.4) is 0 Å². The van der Waals surface area contributed by atoms with Crippen LogP contribution in [0.2, 0.25) is 0 Å². The number of hydrogen-bond acceptors (Lipinski definition) is 4. The van der Waals surface area contributed by atoms with Gasteiger partial charge in [-0.25, -0.2) is 0 Å². The highest BCUT2D eigenvalue weighted by Crippen LogP contribution is 2.13. The number of nitrogens with zero attached hydrogens (tertiary/aromatic N) is 1. The number of rotatable bonds is 5. The number of amides is 2. The van der Waals surface area contributed by atoms with Crippen molar-refractivity contribution < 1.29 is 9.59 Å². The average Bonchev–Trinajstić information content (AvgIpc) is 2.68. The van der Waals surface area contributed by atoms with Gasteiger partial charge in [0.25, 0.3) is 11.8 Å². The molecule has 1 aliphatic heterocycles. The zero-order valence-electron chi connectivity index (χ0n) is 14.0. The number of piperidine rings is 1. The summed E-state index contributed by atoms with van der Waals surface area (Å²) in [7, 11) is 0. The first-order valence-electron chi connectivity index (χ1n) is 8.53. The van der Waals surface area contributed by atoms with Crippen molar-refractivity contribution in [2.75, 3.05) is 25.0 Å². The third-order valence-corrected chi connectivity index (χ3v) is 4.26. The molecule has 3 rings (SSSR count). The second-order valence-electron chi connectivity index (χ2n) is 6.20. The normalized spacial score (nSPS) is 16.9. The lowest BCUT2D eigenvalue weighted by atomic mass is 9.99. The maximum Gasteiger partial charge on any atom is 0.257 e. The lowest BCUT2D eigenvalue weighted by Gasteiger charge is -2.22. The molecule has 6 nitrogen and oxygen atoms in total. The van der Waals surface area contributed by atoms with Gasteiger partial charge in [0.1, 0.15) is 0 Å². The number of carbonyl (C=O) groups excluding carboxylic acids is 2. The van der Waals surface area contributed by atoms with Crippen LogP contribution in [-0.4, -0.2) is 36.4 Å². The van der Waals surface area contributed by atoms with Gasteiger partial charge in [0.15, 0.2) is 0 Å². The monoisotopic (exact) mass is 338 g/mol. The van der Waals surface area contributed by atoms with Gasteiger partial charge in [-0.1, -0.05) is 6.07 Å². The molecule has 1 aromatic carbocycles. The Balaban J connectivity index is 1.58. The summed E-state index contributed by atoms with van der Waals surface area (Å²) in [6, 6.07) is 10.3. The van der Waals surface area contributed by atoms with Crippen LogP contribution in [0.4, 0.5) is 5.69 Å². The molecule has 0 saturated carbocycles. The summed E-state index contributed by atoms with van der Waals surface area (Å²) in [4.78, 5) is 28.4. The molecule has 3 N–H and O–H groups in total. The number of pyridine rings is 1. The van der Waals surface area contributed by atoms with Crippen LogP contribution in [0, 0.1) is 5.92 Å². The molecule has 25 heavy (non-hydrogen) atoms. The molecular weight excluding hydrogens is 316 g/mol. The van der Waals surface area contributed by atoms with E-state index < -0.39 is 0 Å². The summed E-state index contributed by atoms with van der Waals surface area (Å²) < 4.78 is 0. The summed E-state index contributed by atoms with van der Waals surface area (Å²) in [6.45, 7) is 2.67. The lowest BCUT2D eigenvalue weighted by molar-refractivity contribution is 0.0943. The van der Waals surface area contributed by atoms with E-state index in [0.29, 0.717) is 29.3 Å². The van der Waals surface area contributed by atoms with Crippen molar-refractivity contribution in [1.29, 1.82) is 0 Å². The van der Waals surface area contributed by atoms with E-state index in [1.54, 1.807) is 42.6 Å². The Morgan fingerprint density at radius 2 is 2.04 bits per heavy atom. The van der Waals surface area contributed by atoms with Gasteiger partial charge in [-0.3, -0.25) is 14.6 Å². The van der Waals surface area contributed by atoms with Gasteiger partial charge in [-0.15, -0.1) is 0 Å². The Hall–Kier alpha value is -2.73. The standard InChI is InChI=1S/C19H22N4O2/c24-18(22-12-14-4-2-8-20-11-14)15-5-1-7-17(10-15)23-19(25)16-6-3-9-21-13-16/h1,3,5-7,9-10,13-14,20H,2,4,8,11-12H2,(H,22,24)(H,23,25). The zero-order valence-corrected chi connectivity index (χ0v) is 14.0. The molecule has 0 spiro atoms. The van der Waals surface area contributed by atoms with Gasteiger partial charge in [0.2, 0.25) is 0 Å². The molecule has 1 saturated heterocycles. The number of benzene rings is 1. The van der Waals surface area contributed by atoms with Crippen LogP contribution < -0.4 is 16.0 Å². The quantitative estimate of drug-likeness (QED) is 0.779. The van der Waals surface area contributed by atoms with Crippen molar-refractivity contribution in [3.05, 3.63) is 59.9 Å². The first kappa shape index (κ1) is 17.1. The molecule has 6 heteroatoms. The third kappa shape index (κ3) is 4.87. The van der Waals surface area contributed by atoms with E-state index in [0.717, 1.165) is 25.9 Å². The summed E-state index contributed by atoms with van der Waals surface area (Å²) in [5, 5.41) is 9.11. The van der Waals surface area contributed by atoms with E-state index in [1.165, 1.54) is 6.20 Å². The van der Waals surface area contributed by atoms with Crippen molar-refractivity contribution in [3.63, 3.8) is 0 Å². The molecule has 2 heterocycles. The Kier molecular flexibility index (Phi) is 5.74.